The van der Waals surface area contributed by atoms with Gasteiger partial charge in [-0.3, -0.25) is 4.79 Å². The standard InChI is InChI=1S/C13H24N2O3/c1-10(18-12(17)14-13(2,3)4)9-11(16)15-7-5-6-8-15/h10H,5-9H2,1-4H3,(H,14,17). The molecule has 0 aliphatic carbocycles. The van der Waals surface area contributed by atoms with Crippen LogP contribution in [0.15, 0.2) is 0 Å². The molecule has 1 saturated heterocycles. The topological polar surface area (TPSA) is 58.6 Å². The van der Waals surface area contributed by atoms with E-state index in [0.29, 0.717) is 0 Å². The first-order valence-electron chi connectivity index (χ1n) is 6.54. The molecule has 2 amide bonds. The number of likely N-dealkylation sites (tertiary alicyclic amines) is 1. The SMILES string of the molecule is CC(CC(=O)N1CCCC1)OC(=O)NC(C)(C)C. The third kappa shape index (κ3) is 5.38. The van der Waals surface area contributed by atoms with Crippen molar-refractivity contribution < 1.29 is 14.3 Å². The minimum atomic E-state index is -0.468. The zero-order chi connectivity index (χ0) is 13.8. The largest absolute Gasteiger partial charge is 0.446 e. The first-order chi connectivity index (χ1) is 8.28. The number of hydrogen-bond donors (Lipinski definition) is 1. The maximum absolute atomic E-state index is 11.8. The average Bonchev–Trinajstić information content (AvgIpc) is 2.65. The second-order valence-corrected chi connectivity index (χ2v) is 5.88. The van der Waals surface area contributed by atoms with Gasteiger partial charge in [-0.05, 0) is 40.5 Å². The summed E-state index contributed by atoms with van der Waals surface area (Å²) in [5, 5.41) is 2.71. The number of nitrogens with zero attached hydrogens (tertiary/aromatic N) is 1. The molecule has 5 nitrogen and oxygen atoms in total. The van der Waals surface area contributed by atoms with Gasteiger partial charge < -0.3 is 15.0 Å². The number of rotatable bonds is 3. The van der Waals surface area contributed by atoms with E-state index in [1.807, 2.05) is 25.7 Å². The fourth-order valence-corrected chi connectivity index (χ4v) is 1.90. The predicted molar refractivity (Wildman–Crippen MR) is 69.3 cm³/mol. The van der Waals surface area contributed by atoms with Crippen molar-refractivity contribution in [2.24, 2.45) is 0 Å². The zero-order valence-corrected chi connectivity index (χ0v) is 11.8. The van der Waals surface area contributed by atoms with E-state index < -0.39 is 6.09 Å². The smallest absolute Gasteiger partial charge is 0.407 e. The molecule has 1 rings (SSSR count). The third-order valence-electron chi connectivity index (χ3n) is 2.71. The summed E-state index contributed by atoms with van der Waals surface area (Å²) in [5.41, 5.74) is -0.324. The molecule has 1 atom stereocenters. The van der Waals surface area contributed by atoms with E-state index in [1.165, 1.54) is 0 Å². The summed E-state index contributed by atoms with van der Waals surface area (Å²) < 4.78 is 5.16. The molecule has 1 aliphatic heterocycles. The summed E-state index contributed by atoms with van der Waals surface area (Å²) in [5.74, 6) is 0.0727. The van der Waals surface area contributed by atoms with Gasteiger partial charge in [-0.25, -0.2) is 4.79 Å². The van der Waals surface area contributed by atoms with Gasteiger partial charge in [0.1, 0.15) is 6.10 Å². The summed E-state index contributed by atoms with van der Waals surface area (Å²) in [6.45, 7) is 9.06. The van der Waals surface area contributed by atoms with Gasteiger partial charge in [0, 0.05) is 18.6 Å². The van der Waals surface area contributed by atoms with Gasteiger partial charge in [-0.15, -0.1) is 0 Å². The van der Waals surface area contributed by atoms with E-state index in [1.54, 1.807) is 6.92 Å². The molecule has 1 aliphatic rings. The minimum absolute atomic E-state index is 0.0727. The van der Waals surface area contributed by atoms with E-state index in [9.17, 15) is 9.59 Å². The highest BCUT2D eigenvalue weighted by Gasteiger charge is 2.22. The summed E-state index contributed by atoms with van der Waals surface area (Å²) in [6, 6.07) is 0. The monoisotopic (exact) mass is 256 g/mol. The Labute approximate surface area is 109 Å². The lowest BCUT2D eigenvalue weighted by Crippen LogP contribution is -2.42. The maximum atomic E-state index is 11.8. The third-order valence-corrected chi connectivity index (χ3v) is 2.71. The second-order valence-electron chi connectivity index (χ2n) is 5.88. The Morgan fingerprint density at radius 2 is 1.83 bits per heavy atom. The first kappa shape index (κ1) is 14.8. The molecular weight excluding hydrogens is 232 g/mol. The van der Waals surface area contributed by atoms with E-state index in [-0.39, 0.29) is 24.0 Å². The lowest BCUT2D eigenvalue weighted by atomic mass is 10.1. The quantitative estimate of drug-likeness (QED) is 0.839. The van der Waals surface area contributed by atoms with Gasteiger partial charge in [0.25, 0.3) is 0 Å². The summed E-state index contributed by atoms with van der Waals surface area (Å²) in [7, 11) is 0. The number of alkyl carbamates (subject to hydrolysis) is 1. The predicted octanol–water partition coefficient (Wildman–Crippen LogP) is 1.91. The molecule has 104 valence electrons. The van der Waals surface area contributed by atoms with Crippen molar-refractivity contribution in [3.05, 3.63) is 0 Å². The van der Waals surface area contributed by atoms with Crippen LogP contribution in [0.1, 0.15) is 47.0 Å². The molecule has 5 heteroatoms. The summed E-state index contributed by atoms with van der Waals surface area (Å²) in [4.78, 5) is 25.2. The highest BCUT2D eigenvalue weighted by atomic mass is 16.6. The first-order valence-corrected chi connectivity index (χ1v) is 6.54. The van der Waals surface area contributed by atoms with E-state index in [4.69, 9.17) is 4.74 Å². The van der Waals surface area contributed by atoms with Gasteiger partial charge >= 0.3 is 6.09 Å². The number of hydrogen-bond acceptors (Lipinski definition) is 3. The van der Waals surface area contributed by atoms with Gasteiger partial charge in [-0.1, -0.05) is 0 Å². The lowest BCUT2D eigenvalue weighted by Gasteiger charge is -2.23. The molecule has 0 radical (unpaired) electrons. The molecule has 1 fully saturated rings. The minimum Gasteiger partial charge on any atom is -0.446 e. The van der Waals surface area contributed by atoms with Crippen LogP contribution in [0.25, 0.3) is 0 Å². The van der Waals surface area contributed by atoms with Crippen LogP contribution in [-0.2, 0) is 9.53 Å². The Kier molecular flexibility index (Phi) is 4.99. The molecular formula is C13H24N2O3. The average molecular weight is 256 g/mol. The van der Waals surface area contributed by atoms with Crippen molar-refractivity contribution in [2.75, 3.05) is 13.1 Å². The van der Waals surface area contributed by atoms with Crippen molar-refractivity contribution >= 4 is 12.0 Å². The highest BCUT2D eigenvalue weighted by molar-refractivity contribution is 5.77. The Morgan fingerprint density at radius 3 is 2.33 bits per heavy atom. The van der Waals surface area contributed by atoms with Crippen molar-refractivity contribution in [2.45, 2.75) is 58.6 Å². The van der Waals surface area contributed by atoms with E-state index >= 15 is 0 Å². The molecule has 0 aromatic rings. The van der Waals surface area contributed by atoms with Gasteiger partial charge in [0.2, 0.25) is 5.91 Å². The number of carbonyl (C=O) groups excluding carboxylic acids is 2. The molecule has 0 spiro atoms. The fourth-order valence-electron chi connectivity index (χ4n) is 1.90. The summed E-state index contributed by atoms with van der Waals surface area (Å²) >= 11 is 0. The van der Waals surface area contributed by atoms with Crippen LogP contribution in [0.2, 0.25) is 0 Å². The van der Waals surface area contributed by atoms with Crippen molar-refractivity contribution in [1.29, 1.82) is 0 Å². The summed E-state index contributed by atoms with van der Waals surface area (Å²) in [6.07, 6.45) is 1.55. The second kappa shape index (κ2) is 6.07. The Bertz CT molecular complexity index is 304. The molecule has 0 saturated carbocycles. The van der Waals surface area contributed by atoms with Crippen molar-refractivity contribution in [3.63, 3.8) is 0 Å². The van der Waals surface area contributed by atoms with Crippen LogP contribution in [0, 0.1) is 0 Å². The van der Waals surface area contributed by atoms with E-state index in [0.717, 1.165) is 25.9 Å². The highest BCUT2D eigenvalue weighted by Crippen LogP contribution is 2.11. The van der Waals surface area contributed by atoms with Gasteiger partial charge in [0.05, 0.1) is 6.42 Å². The zero-order valence-electron chi connectivity index (χ0n) is 11.8. The van der Waals surface area contributed by atoms with E-state index in [2.05, 4.69) is 5.32 Å². The normalized spacial score (nSPS) is 17.4. The molecule has 1 unspecified atom stereocenters. The van der Waals surface area contributed by atoms with Crippen LogP contribution < -0.4 is 5.32 Å². The van der Waals surface area contributed by atoms with Gasteiger partial charge in [-0.2, -0.15) is 0 Å². The van der Waals surface area contributed by atoms with Crippen LogP contribution in [-0.4, -0.2) is 41.6 Å². The molecule has 0 aromatic heterocycles. The van der Waals surface area contributed by atoms with Crippen LogP contribution in [0.5, 0.6) is 0 Å². The molecule has 0 aromatic carbocycles. The number of nitrogens with one attached hydrogen (secondary N) is 1. The maximum Gasteiger partial charge on any atom is 0.407 e. The van der Waals surface area contributed by atoms with Crippen LogP contribution >= 0.6 is 0 Å². The number of carbonyl (C=O) groups is 2. The van der Waals surface area contributed by atoms with Crippen LogP contribution in [0.3, 0.4) is 0 Å². The number of ether oxygens (including phenoxy) is 1. The molecule has 18 heavy (non-hydrogen) atoms. The Morgan fingerprint density at radius 1 is 1.28 bits per heavy atom. The van der Waals surface area contributed by atoms with Gasteiger partial charge in [0.15, 0.2) is 0 Å². The van der Waals surface area contributed by atoms with Crippen molar-refractivity contribution in [1.82, 2.24) is 10.2 Å². The lowest BCUT2D eigenvalue weighted by molar-refractivity contribution is -0.131. The Balaban J connectivity index is 2.30. The van der Waals surface area contributed by atoms with Crippen molar-refractivity contribution in [3.8, 4) is 0 Å². The molecule has 1 N–H and O–H groups in total. The number of amides is 2. The molecule has 1 heterocycles. The Hall–Kier alpha value is -1.26. The molecule has 0 bridgehead atoms. The van der Waals surface area contributed by atoms with Crippen LogP contribution in [0.4, 0.5) is 4.79 Å². The fraction of sp³-hybridized carbons (Fsp3) is 0.846.